The van der Waals surface area contributed by atoms with Crippen LogP contribution in [0.15, 0.2) is 18.2 Å². The van der Waals surface area contributed by atoms with Crippen molar-refractivity contribution in [3.8, 4) is 6.07 Å². The Hall–Kier alpha value is -2.49. The molecule has 0 bridgehead atoms. The van der Waals surface area contributed by atoms with E-state index in [1.54, 1.807) is 6.07 Å². The zero-order valence-corrected chi connectivity index (χ0v) is 11.8. The highest BCUT2D eigenvalue weighted by Crippen LogP contribution is 2.17. The SMILES string of the molecule is N#CCC(=O)NC1CCN(C(=O)c2ccc(F)cc2F)CC1. The first kappa shape index (κ1) is 15.9. The normalized spacial score (nSPS) is 15.2. The Morgan fingerprint density at radius 2 is 2.00 bits per heavy atom. The van der Waals surface area contributed by atoms with Gasteiger partial charge in [-0.15, -0.1) is 0 Å². The highest BCUT2D eigenvalue weighted by atomic mass is 19.1. The van der Waals surface area contributed by atoms with Crippen molar-refractivity contribution in [1.29, 1.82) is 5.26 Å². The van der Waals surface area contributed by atoms with Gasteiger partial charge in [-0.25, -0.2) is 8.78 Å². The number of benzene rings is 1. The molecule has 1 heterocycles. The van der Waals surface area contributed by atoms with Crippen molar-refractivity contribution in [2.75, 3.05) is 13.1 Å². The van der Waals surface area contributed by atoms with E-state index in [2.05, 4.69) is 5.32 Å². The van der Waals surface area contributed by atoms with E-state index in [-0.39, 0.29) is 23.9 Å². The van der Waals surface area contributed by atoms with Crippen molar-refractivity contribution >= 4 is 11.8 Å². The predicted molar refractivity (Wildman–Crippen MR) is 73.7 cm³/mol. The Bertz CT molecular complexity index is 620. The molecule has 0 saturated carbocycles. The smallest absolute Gasteiger partial charge is 0.256 e. The van der Waals surface area contributed by atoms with Crippen molar-refractivity contribution in [2.45, 2.75) is 25.3 Å². The third-order valence-electron chi connectivity index (χ3n) is 3.55. The molecule has 0 aromatic heterocycles. The molecule has 5 nitrogen and oxygen atoms in total. The van der Waals surface area contributed by atoms with Crippen LogP contribution in [0.4, 0.5) is 8.78 Å². The number of hydrogen-bond donors (Lipinski definition) is 1. The minimum atomic E-state index is -0.880. The van der Waals surface area contributed by atoms with Crippen LogP contribution in [0.2, 0.25) is 0 Å². The van der Waals surface area contributed by atoms with Gasteiger partial charge < -0.3 is 10.2 Å². The molecule has 116 valence electrons. The summed E-state index contributed by atoms with van der Waals surface area (Å²) in [6.07, 6.45) is 0.872. The Balaban J connectivity index is 1.92. The number of hydrogen-bond acceptors (Lipinski definition) is 3. The monoisotopic (exact) mass is 307 g/mol. The topological polar surface area (TPSA) is 73.2 Å². The summed E-state index contributed by atoms with van der Waals surface area (Å²) < 4.78 is 26.5. The quantitative estimate of drug-likeness (QED) is 0.922. The molecule has 0 aliphatic carbocycles. The van der Waals surface area contributed by atoms with E-state index in [1.807, 2.05) is 0 Å². The molecule has 1 fully saturated rings. The zero-order chi connectivity index (χ0) is 16.1. The lowest BCUT2D eigenvalue weighted by atomic mass is 10.0. The second kappa shape index (κ2) is 6.98. The van der Waals surface area contributed by atoms with Crippen LogP contribution in [0.1, 0.15) is 29.6 Å². The molecule has 1 N–H and O–H groups in total. The number of piperidine rings is 1. The van der Waals surface area contributed by atoms with Crippen LogP contribution in [-0.4, -0.2) is 35.8 Å². The highest BCUT2D eigenvalue weighted by Gasteiger charge is 2.26. The van der Waals surface area contributed by atoms with Gasteiger partial charge in [-0.05, 0) is 25.0 Å². The van der Waals surface area contributed by atoms with Gasteiger partial charge in [0.25, 0.3) is 5.91 Å². The van der Waals surface area contributed by atoms with Crippen LogP contribution in [0.25, 0.3) is 0 Å². The fourth-order valence-electron chi connectivity index (χ4n) is 2.41. The van der Waals surface area contributed by atoms with Gasteiger partial charge in [0.05, 0.1) is 11.6 Å². The second-order valence-corrected chi connectivity index (χ2v) is 5.09. The number of nitrogens with zero attached hydrogens (tertiary/aromatic N) is 2. The van der Waals surface area contributed by atoms with Gasteiger partial charge in [0.15, 0.2) is 0 Å². The summed E-state index contributed by atoms with van der Waals surface area (Å²) >= 11 is 0. The van der Waals surface area contributed by atoms with Gasteiger partial charge in [0.1, 0.15) is 18.1 Å². The summed E-state index contributed by atoms with van der Waals surface area (Å²) in [7, 11) is 0. The van der Waals surface area contributed by atoms with Gasteiger partial charge in [0.2, 0.25) is 5.91 Å². The van der Waals surface area contributed by atoms with Gasteiger partial charge in [-0.3, -0.25) is 9.59 Å². The Morgan fingerprint density at radius 1 is 1.32 bits per heavy atom. The van der Waals surface area contributed by atoms with Crippen molar-refractivity contribution in [1.82, 2.24) is 10.2 Å². The summed E-state index contributed by atoms with van der Waals surface area (Å²) in [5, 5.41) is 11.1. The molecule has 2 amide bonds. The molecule has 1 aliphatic rings. The van der Waals surface area contributed by atoms with Crippen LogP contribution < -0.4 is 5.32 Å². The van der Waals surface area contributed by atoms with Gasteiger partial charge in [-0.2, -0.15) is 5.26 Å². The molecule has 1 aromatic rings. The van der Waals surface area contributed by atoms with E-state index in [9.17, 15) is 18.4 Å². The number of halogens is 2. The number of amides is 2. The largest absolute Gasteiger partial charge is 0.352 e. The number of carbonyl (C=O) groups excluding carboxylic acids is 2. The van der Waals surface area contributed by atoms with Crippen molar-refractivity contribution in [2.24, 2.45) is 0 Å². The number of carbonyl (C=O) groups is 2. The Kier molecular flexibility index (Phi) is 5.04. The average Bonchev–Trinajstić information content (AvgIpc) is 2.47. The molecular formula is C15H15F2N3O2. The standard InChI is InChI=1S/C15H15F2N3O2/c16-10-1-2-12(13(17)9-10)15(22)20-7-4-11(5-8-20)19-14(21)3-6-18/h1-2,9,11H,3-5,7-8H2,(H,19,21). The first-order chi connectivity index (χ1) is 10.5. The summed E-state index contributed by atoms with van der Waals surface area (Å²) in [5.41, 5.74) is -0.159. The number of likely N-dealkylation sites (tertiary alicyclic amines) is 1. The molecule has 1 aromatic carbocycles. The fraction of sp³-hybridized carbons (Fsp3) is 0.400. The lowest BCUT2D eigenvalue weighted by Crippen LogP contribution is -2.46. The van der Waals surface area contributed by atoms with Crippen LogP contribution in [0, 0.1) is 23.0 Å². The first-order valence-electron chi connectivity index (χ1n) is 6.92. The van der Waals surface area contributed by atoms with Gasteiger partial charge in [0, 0.05) is 25.2 Å². The second-order valence-electron chi connectivity index (χ2n) is 5.09. The van der Waals surface area contributed by atoms with E-state index in [4.69, 9.17) is 5.26 Å². The molecule has 2 rings (SSSR count). The minimum Gasteiger partial charge on any atom is -0.352 e. The van der Waals surface area contributed by atoms with Crippen molar-refractivity contribution in [3.05, 3.63) is 35.4 Å². The first-order valence-corrected chi connectivity index (χ1v) is 6.92. The maximum absolute atomic E-state index is 13.6. The average molecular weight is 307 g/mol. The van der Waals surface area contributed by atoms with Crippen LogP contribution in [0.3, 0.4) is 0 Å². The van der Waals surface area contributed by atoms with Crippen LogP contribution >= 0.6 is 0 Å². The van der Waals surface area contributed by atoms with E-state index in [0.29, 0.717) is 32.0 Å². The summed E-state index contributed by atoms with van der Waals surface area (Å²) in [6, 6.07) is 4.54. The van der Waals surface area contributed by atoms with Crippen LogP contribution in [-0.2, 0) is 4.79 Å². The van der Waals surface area contributed by atoms with Gasteiger partial charge in [-0.1, -0.05) is 0 Å². The number of nitriles is 1. The molecule has 0 spiro atoms. The molecular weight excluding hydrogens is 292 g/mol. The molecule has 22 heavy (non-hydrogen) atoms. The maximum atomic E-state index is 13.6. The lowest BCUT2D eigenvalue weighted by Gasteiger charge is -2.32. The molecule has 1 saturated heterocycles. The zero-order valence-electron chi connectivity index (χ0n) is 11.8. The molecule has 1 aliphatic heterocycles. The summed E-state index contributed by atoms with van der Waals surface area (Å²) in [4.78, 5) is 25.0. The lowest BCUT2D eigenvalue weighted by molar-refractivity contribution is -0.121. The van der Waals surface area contributed by atoms with E-state index >= 15 is 0 Å². The highest BCUT2D eigenvalue weighted by molar-refractivity contribution is 5.94. The minimum absolute atomic E-state index is 0.0945. The molecule has 7 heteroatoms. The molecule has 0 radical (unpaired) electrons. The predicted octanol–water partition coefficient (Wildman–Crippen LogP) is 1.60. The summed E-state index contributed by atoms with van der Waals surface area (Å²) in [5.74, 6) is -2.43. The number of rotatable bonds is 3. The summed E-state index contributed by atoms with van der Waals surface area (Å²) in [6.45, 7) is 0.736. The molecule has 0 atom stereocenters. The third kappa shape index (κ3) is 3.79. The van der Waals surface area contributed by atoms with E-state index in [1.165, 1.54) is 4.90 Å². The van der Waals surface area contributed by atoms with E-state index < -0.39 is 17.5 Å². The third-order valence-corrected chi connectivity index (χ3v) is 3.55. The van der Waals surface area contributed by atoms with Crippen molar-refractivity contribution < 1.29 is 18.4 Å². The maximum Gasteiger partial charge on any atom is 0.256 e. The van der Waals surface area contributed by atoms with Crippen LogP contribution in [0.5, 0.6) is 0 Å². The fourth-order valence-corrected chi connectivity index (χ4v) is 2.41. The van der Waals surface area contributed by atoms with Crippen molar-refractivity contribution in [3.63, 3.8) is 0 Å². The van der Waals surface area contributed by atoms with Gasteiger partial charge >= 0.3 is 0 Å². The Labute approximate surface area is 126 Å². The van der Waals surface area contributed by atoms with E-state index in [0.717, 1.165) is 12.1 Å². The Morgan fingerprint density at radius 3 is 2.59 bits per heavy atom. The number of nitrogens with one attached hydrogen (secondary N) is 1. The molecule has 0 unspecified atom stereocenters.